The van der Waals surface area contributed by atoms with Crippen LogP contribution in [0.15, 0.2) is 24.3 Å². The number of para-hydroxylation sites is 1. The molecular weight excluding hydrogens is 292 g/mol. The number of esters is 1. The Morgan fingerprint density at radius 3 is 2.43 bits per heavy atom. The topological polar surface area (TPSA) is 68.6 Å². The van der Waals surface area contributed by atoms with Crippen molar-refractivity contribution in [3.63, 3.8) is 0 Å². The molecule has 6 nitrogen and oxygen atoms in total. The van der Waals surface area contributed by atoms with Gasteiger partial charge >= 0.3 is 5.97 Å². The van der Waals surface area contributed by atoms with Crippen molar-refractivity contribution >= 4 is 26.9 Å². The number of carbonyl (C=O) groups is 1. The lowest BCUT2D eigenvalue weighted by atomic mass is 10.1. The van der Waals surface area contributed by atoms with E-state index in [0.29, 0.717) is 28.7 Å². The molecule has 0 saturated heterocycles. The van der Waals surface area contributed by atoms with E-state index in [1.807, 2.05) is 19.0 Å². The molecule has 0 aliphatic rings. The molecule has 2 rings (SSSR count). The number of fused-ring (bicyclic) bond motifs is 1. The molecule has 7 heteroatoms. The highest BCUT2D eigenvalue weighted by Crippen LogP contribution is 2.29. The first kappa shape index (κ1) is 15.5. The van der Waals surface area contributed by atoms with Gasteiger partial charge in [-0.25, -0.2) is 17.2 Å². The Bertz CT molecular complexity index is 791. The van der Waals surface area contributed by atoms with Crippen molar-refractivity contribution < 1.29 is 17.9 Å². The predicted molar refractivity (Wildman–Crippen MR) is 80.9 cm³/mol. The van der Waals surface area contributed by atoms with Gasteiger partial charge in [-0.2, -0.15) is 0 Å². The molecule has 0 spiro atoms. The molecule has 1 heterocycles. The quantitative estimate of drug-likeness (QED) is 0.796. The third-order valence-corrected chi connectivity index (χ3v) is 4.19. The standard InChI is InChI=1S/C14H18N2O4S/c1-15(2)9-12-13(14(17)20-3)10-7-5-6-8-11(10)16(12)21(4,18)19/h5-8H,9H2,1-4H3. The Hall–Kier alpha value is -1.86. The lowest BCUT2D eigenvalue weighted by Gasteiger charge is -2.14. The average Bonchev–Trinajstić information content (AvgIpc) is 2.70. The minimum absolute atomic E-state index is 0.298. The van der Waals surface area contributed by atoms with E-state index in [9.17, 15) is 13.2 Å². The summed E-state index contributed by atoms with van der Waals surface area (Å²) in [4.78, 5) is 13.9. The first-order valence-electron chi connectivity index (χ1n) is 6.33. The van der Waals surface area contributed by atoms with Gasteiger partial charge in [0.2, 0.25) is 10.0 Å². The van der Waals surface area contributed by atoms with E-state index >= 15 is 0 Å². The number of hydrogen-bond donors (Lipinski definition) is 0. The zero-order valence-corrected chi connectivity index (χ0v) is 13.3. The number of aromatic nitrogens is 1. The average molecular weight is 310 g/mol. The number of benzene rings is 1. The minimum atomic E-state index is -3.54. The summed E-state index contributed by atoms with van der Waals surface area (Å²) < 4.78 is 30.4. The SMILES string of the molecule is COC(=O)c1c(CN(C)C)n(S(C)(=O)=O)c2ccccc12. The predicted octanol–water partition coefficient (Wildman–Crippen LogP) is 1.30. The van der Waals surface area contributed by atoms with Crippen LogP contribution >= 0.6 is 0 Å². The monoisotopic (exact) mass is 310 g/mol. The molecule has 0 N–H and O–H groups in total. The fraction of sp³-hybridized carbons (Fsp3) is 0.357. The minimum Gasteiger partial charge on any atom is -0.465 e. The number of methoxy groups -OCH3 is 1. The van der Waals surface area contributed by atoms with Crippen molar-refractivity contribution in [1.29, 1.82) is 0 Å². The zero-order chi connectivity index (χ0) is 15.8. The molecule has 0 bridgehead atoms. The summed E-state index contributed by atoms with van der Waals surface area (Å²) >= 11 is 0. The maximum absolute atomic E-state index is 12.2. The molecule has 21 heavy (non-hydrogen) atoms. The third-order valence-electron chi connectivity index (χ3n) is 3.11. The van der Waals surface area contributed by atoms with Crippen molar-refractivity contribution in [3.8, 4) is 0 Å². The van der Waals surface area contributed by atoms with Gasteiger partial charge in [-0.3, -0.25) is 0 Å². The van der Waals surface area contributed by atoms with Crippen molar-refractivity contribution in [3.05, 3.63) is 35.5 Å². The highest BCUT2D eigenvalue weighted by molar-refractivity contribution is 7.89. The number of rotatable bonds is 4. The van der Waals surface area contributed by atoms with Crippen LogP contribution in [-0.2, 0) is 21.3 Å². The van der Waals surface area contributed by atoms with Crippen molar-refractivity contribution in [1.82, 2.24) is 8.87 Å². The van der Waals surface area contributed by atoms with Crippen LogP contribution in [0.3, 0.4) is 0 Å². The van der Waals surface area contributed by atoms with Gasteiger partial charge in [0.15, 0.2) is 0 Å². The second-order valence-electron chi connectivity index (χ2n) is 5.10. The number of hydrogen-bond acceptors (Lipinski definition) is 5. The second-order valence-corrected chi connectivity index (χ2v) is 6.93. The first-order chi connectivity index (χ1) is 9.77. The maximum Gasteiger partial charge on any atom is 0.340 e. The van der Waals surface area contributed by atoms with Crippen LogP contribution in [0.25, 0.3) is 10.9 Å². The highest BCUT2D eigenvalue weighted by Gasteiger charge is 2.27. The Morgan fingerprint density at radius 1 is 1.29 bits per heavy atom. The van der Waals surface area contributed by atoms with Gasteiger partial charge in [0.1, 0.15) is 0 Å². The molecule has 0 amide bonds. The number of nitrogens with zero attached hydrogens (tertiary/aromatic N) is 2. The molecule has 1 aromatic carbocycles. The summed E-state index contributed by atoms with van der Waals surface area (Å²) in [6, 6.07) is 6.91. The molecular formula is C14H18N2O4S. The van der Waals surface area contributed by atoms with E-state index in [2.05, 4.69) is 0 Å². The van der Waals surface area contributed by atoms with Gasteiger partial charge in [-0.15, -0.1) is 0 Å². The molecule has 0 atom stereocenters. The third kappa shape index (κ3) is 2.79. The van der Waals surface area contributed by atoms with Gasteiger partial charge < -0.3 is 9.64 Å². The molecule has 114 valence electrons. The lowest BCUT2D eigenvalue weighted by molar-refractivity contribution is 0.0601. The second kappa shape index (κ2) is 5.50. The fourth-order valence-electron chi connectivity index (χ4n) is 2.42. The smallest absolute Gasteiger partial charge is 0.340 e. The zero-order valence-electron chi connectivity index (χ0n) is 12.5. The summed E-state index contributed by atoms with van der Waals surface area (Å²) in [6.45, 7) is 0.312. The molecule has 0 saturated carbocycles. The molecule has 0 fully saturated rings. The van der Waals surface area contributed by atoms with E-state index in [-0.39, 0.29) is 0 Å². The molecule has 2 aromatic rings. The van der Waals surface area contributed by atoms with Gasteiger partial charge in [0.05, 0.1) is 30.1 Å². The molecule has 0 aliphatic carbocycles. The highest BCUT2D eigenvalue weighted by atomic mass is 32.2. The summed E-state index contributed by atoms with van der Waals surface area (Å²) in [5.41, 5.74) is 1.19. The summed E-state index contributed by atoms with van der Waals surface area (Å²) in [5, 5.41) is 0.576. The van der Waals surface area contributed by atoms with Crippen molar-refractivity contribution in [2.24, 2.45) is 0 Å². The van der Waals surface area contributed by atoms with Gasteiger partial charge in [-0.05, 0) is 20.2 Å². The summed E-state index contributed by atoms with van der Waals surface area (Å²) in [6.07, 6.45) is 1.12. The van der Waals surface area contributed by atoms with Gasteiger partial charge in [0.25, 0.3) is 0 Å². The van der Waals surface area contributed by atoms with E-state index in [1.54, 1.807) is 24.3 Å². The van der Waals surface area contributed by atoms with E-state index in [0.717, 1.165) is 6.26 Å². The van der Waals surface area contributed by atoms with Crippen LogP contribution in [0, 0.1) is 0 Å². The maximum atomic E-state index is 12.2. The molecule has 0 aliphatic heterocycles. The van der Waals surface area contributed by atoms with Crippen LogP contribution in [0.5, 0.6) is 0 Å². The Kier molecular flexibility index (Phi) is 4.06. The fourth-order valence-corrected chi connectivity index (χ4v) is 3.48. The van der Waals surface area contributed by atoms with Crippen LogP contribution in [0.4, 0.5) is 0 Å². The summed E-state index contributed by atoms with van der Waals surface area (Å²) in [7, 11) is 1.36. The van der Waals surface area contributed by atoms with E-state index in [1.165, 1.54) is 11.1 Å². The Morgan fingerprint density at radius 2 is 1.90 bits per heavy atom. The van der Waals surface area contributed by atoms with Crippen molar-refractivity contribution in [2.75, 3.05) is 27.5 Å². The van der Waals surface area contributed by atoms with Gasteiger partial charge in [0, 0.05) is 11.9 Å². The van der Waals surface area contributed by atoms with Gasteiger partial charge in [-0.1, -0.05) is 18.2 Å². The number of carbonyl (C=O) groups excluding carboxylic acids is 1. The molecule has 0 radical (unpaired) electrons. The van der Waals surface area contributed by atoms with Crippen LogP contribution in [0.2, 0.25) is 0 Å². The first-order valence-corrected chi connectivity index (χ1v) is 8.18. The lowest BCUT2D eigenvalue weighted by Crippen LogP contribution is -2.21. The molecule has 0 unspecified atom stereocenters. The van der Waals surface area contributed by atoms with Crippen molar-refractivity contribution in [2.45, 2.75) is 6.54 Å². The Balaban J connectivity index is 2.95. The van der Waals surface area contributed by atoms with Crippen LogP contribution in [-0.4, -0.2) is 50.7 Å². The molecule has 1 aromatic heterocycles. The number of ether oxygens (including phenoxy) is 1. The van der Waals surface area contributed by atoms with Crippen LogP contribution < -0.4 is 0 Å². The van der Waals surface area contributed by atoms with Crippen LogP contribution in [0.1, 0.15) is 16.1 Å². The normalized spacial score (nSPS) is 12.0. The summed E-state index contributed by atoms with van der Waals surface area (Å²) in [5.74, 6) is -0.537. The Labute approximate surface area is 124 Å². The van der Waals surface area contributed by atoms with E-state index in [4.69, 9.17) is 4.74 Å². The largest absolute Gasteiger partial charge is 0.465 e. The van der Waals surface area contributed by atoms with E-state index < -0.39 is 16.0 Å².